The second-order valence-corrected chi connectivity index (χ2v) is 7.33. The molecule has 0 bridgehead atoms. The molecule has 2 aromatic rings. The zero-order valence-electron chi connectivity index (χ0n) is 13.4. The van der Waals surface area contributed by atoms with E-state index in [2.05, 4.69) is 11.1 Å². The molecule has 1 amide bonds. The quantitative estimate of drug-likeness (QED) is 0.730. The number of piperidine rings is 1. The van der Waals surface area contributed by atoms with Gasteiger partial charge < -0.3 is 4.90 Å². The van der Waals surface area contributed by atoms with E-state index in [1.807, 2.05) is 16.3 Å². The minimum atomic E-state index is -0.500. The maximum atomic E-state index is 13.3. The number of pyridine rings is 1. The third kappa shape index (κ3) is 2.88. The molecule has 0 N–H and O–H groups in total. The van der Waals surface area contributed by atoms with Gasteiger partial charge >= 0.3 is 0 Å². The van der Waals surface area contributed by atoms with Gasteiger partial charge in [-0.15, -0.1) is 11.3 Å². The van der Waals surface area contributed by atoms with E-state index in [9.17, 15) is 9.18 Å². The van der Waals surface area contributed by atoms with Gasteiger partial charge in [0.2, 0.25) is 5.95 Å². The summed E-state index contributed by atoms with van der Waals surface area (Å²) in [5.41, 5.74) is 2.68. The van der Waals surface area contributed by atoms with Crippen LogP contribution >= 0.6 is 11.3 Å². The van der Waals surface area contributed by atoms with Crippen molar-refractivity contribution in [1.29, 1.82) is 0 Å². The van der Waals surface area contributed by atoms with Gasteiger partial charge in [0.25, 0.3) is 5.91 Å². The number of hydrogen-bond donors (Lipinski definition) is 0. The molecule has 2 aliphatic rings. The van der Waals surface area contributed by atoms with Crippen LogP contribution in [0.15, 0.2) is 41.5 Å². The van der Waals surface area contributed by atoms with Crippen LogP contribution in [0.5, 0.6) is 0 Å². The predicted molar refractivity (Wildman–Crippen MR) is 93.2 cm³/mol. The Hall–Kier alpha value is -2.01. The van der Waals surface area contributed by atoms with E-state index in [4.69, 9.17) is 0 Å². The van der Waals surface area contributed by atoms with E-state index < -0.39 is 5.95 Å². The predicted octanol–water partition coefficient (Wildman–Crippen LogP) is 4.87. The van der Waals surface area contributed by atoms with Crippen molar-refractivity contribution in [2.75, 3.05) is 6.54 Å². The summed E-state index contributed by atoms with van der Waals surface area (Å²) in [5.74, 6) is 0.119. The molecule has 2 aromatic heterocycles. The first-order valence-electron chi connectivity index (χ1n) is 8.45. The number of carbonyl (C=O) groups excluding carboxylic acids is 1. The first-order chi connectivity index (χ1) is 11.7. The largest absolute Gasteiger partial charge is 0.312 e. The molecular formula is C19H19FN2OS. The van der Waals surface area contributed by atoms with Gasteiger partial charge in [-0.2, -0.15) is 4.39 Å². The Morgan fingerprint density at radius 2 is 2.17 bits per heavy atom. The molecule has 5 heteroatoms. The van der Waals surface area contributed by atoms with Crippen molar-refractivity contribution in [3.8, 4) is 10.4 Å². The van der Waals surface area contributed by atoms with E-state index >= 15 is 0 Å². The second-order valence-electron chi connectivity index (χ2n) is 6.42. The first kappa shape index (κ1) is 15.5. The number of aromatic nitrogens is 1. The van der Waals surface area contributed by atoms with Crippen molar-refractivity contribution in [1.82, 2.24) is 9.88 Å². The average molecular weight is 342 g/mol. The molecule has 1 aliphatic carbocycles. The number of allylic oxidation sites excluding steroid dienone is 2. The lowest BCUT2D eigenvalue weighted by molar-refractivity contribution is 0.0749. The minimum Gasteiger partial charge on any atom is -0.312 e. The SMILES string of the molecule is O=C(c1csc(-c2ccnc(F)c2)c1)N1CCCC2CCCC=C21. The fraction of sp³-hybridized carbons (Fsp3) is 0.368. The van der Waals surface area contributed by atoms with Gasteiger partial charge in [0.1, 0.15) is 0 Å². The van der Waals surface area contributed by atoms with Crippen LogP contribution in [-0.4, -0.2) is 22.3 Å². The van der Waals surface area contributed by atoms with Crippen LogP contribution in [0.1, 0.15) is 42.5 Å². The highest BCUT2D eigenvalue weighted by Gasteiger charge is 2.31. The van der Waals surface area contributed by atoms with Crippen LogP contribution in [0.4, 0.5) is 4.39 Å². The minimum absolute atomic E-state index is 0.0740. The summed E-state index contributed by atoms with van der Waals surface area (Å²) >= 11 is 1.47. The van der Waals surface area contributed by atoms with E-state index in [0.29, 0.717) is 11.5 Å². The molecule has 3 heterocycles. The van der Waals surface area contributed by atoms with Gasteiger partial charge in [0.15, 0.2) is 0 Å². The van der Waals surface area contributed by atoms with Gasteiger partial charge in [-0.3, -0.25) is 4.79 Å². The summed E-state index contributed by atoms with van der Waals surface area (Å²) in [6, 6.07) is 5.04. The Morgan fingerprint density at radius 3 is 3.04 bits per heavy atom. The van der Waals surface area contributed by atoms with Crippen LogP contribution < -0.4 is 0 Å². The highest BCUT2D eigenvalue weighted by molar-refractivity contribution is 7.13. The highest BCUT2D eigenvalue weighted by Crippen LogP contribution is 2.36. The van der Waals surface area contributed by atoms with Crippen molar-refractivity contribution >= 4 is 17.2 Å². The van der Waals surface area contributed by atoms with E-state index in [-0.39, 0.29) is 5.91 Å². The molecule has 0 spiro atoms. The lowest BCUT2D eigenvalue weighted by atomic mass is 9.84. The Labute approximate surface area is 144 Å². The summed E-state index contributed by atoms with van der Waals surface area (Å²) in [6.07, 6.45) is 9.46. The fourth-order valence-electron chi connectivity index (χ4n) is 3.71. The van der Waals surface area contributed by atoms with E-state index in [1.54, 1.807) is 6.07 Å². The molecule has 1 aliphatic heterocycles. The molecule has 1 atom stereocenters. The van der Waals surface area contributed by atoms with Crippen LogP contribution in [0, 0.1) is 11.9 Å². The number of fused-ring (bicyclic) bond motifs is 1. The number of carbonyl (C=O) groups is 1. The van der Waals surface area contributed by atoms with Crippen molar-refractivity contribution in [2.45, 2.75) is 32.1 Å². The molecular weight excluding hydrogens is 323 g/mol. The first-order valence-corrected chi connectivity index (χ1v) is 9.33. The van der Waals surface area contributed by atoms with Crippen LogP contribution in [0.2, 0.25) is 0 Å². The van der Waals surface area contributed by atoms with E-state index in [0.717, 1.165) is 29.8 Å². The number of thiophene rings is 1. The third-order valence-electron chi connectivity index (χ3n) is 4.88. The van der Waals surface area contributed by atoms with Crippen molar-refractivity contribution in [3.05, 3.63) is 53.1 Å². The monoisotopic (exact) mass is 342 g/mol. The Bertz CT molecular complexity index is 798. The molecule has 1 fully saturated rings. The molecule has 0 saturated carbocycles. The maximum Gasteiger partial charge on any atom is 0.258 e. The highest BCUT2D eigenvalue weighted by atomic mass is 32.1. The Morgan fingerprint density at radius 1 is 1.29 bits per heavy atom. The van der Waals surface area contributed by atoms with Crippen molar-refractivity contribution in [2.24, 2.45) is 5.92 Å². The standard InChI is InChI=1S/C19H19FN2OS/c20-18-11-14(7-8-21-18)17-10-15(12-24-17)19(23)22-9-3-5-13-4-1-2-6-16(13)22/h6-8,10-13H,1-5,9H2. The number of nitrogens with zero attached hydrogens (tertiary/aromatic N) is 2. The molecule has 4 rings (SSSR count). The van der Waals surface area contributed by atoms with E-state index in [1.165, 1.54) is 48.6 Å². The zero-order valence-corrected chi connectivity index (χ0v) is 14.2. The molecule has 0 aromatic carbocycles. The Balaban J connectivity index is 1.60. The van der Waals surface area contributed by atoms with Crippen LogP contribution in [-0.2, 0) is 0 Å². The fourth-order valence-corrected chi connectivity index (χ4v) is 4.59. The number of amides is 1. The average Bonchev–Trinajstić information content (AvgIpc) is 3.11. The van der Waals surface area contributed by atoms with Crippen molar-refractivity contribution in [3.63, 3.8) is 0 Å². The number of likely N-dealkylation sites (tertiary alicyclic amines) is 1. The summed E-state index contributed by atoms with van der Waals surface area (Å²) in [6.45, 7) is 0.802. The van der Waals surface area contributed by atoms with Gasteiger partial charge in [0.05, 0.1) is 5.56 Å². The summed E-state index contributed by atoms with van der Waals surface area (Å²) in [5, 5.41) is 1.88. The molecule has 124 valence electrons. The zero-order chi connectivity index (χ0) is 16.5. The molecule has 3 nitrogen and oxygen atoms in total. The van der Waals surface area contributed by atoms with Gasteiger partial charge in [-0.25, -0.2) is 4.98 Å². The second kappa shape index (κ2) is 6.48. The smallest absolute Gasteiger partial charge is 0.258 e. The van der Waals surface area contributed by atoms with Gasteiger partial charge in [-0.05, 0) is 55.7 Å². The number of halogens is 1. The number of rotatable bonds is 2. The number of hydrogen-bond acceptors (Lipinski definition) is 3. The topological polar surface area (TPSA) is 33.2 Å². The van der Waals surface area contributed by atoms with Gasteiger partial charge in [0, 0.05) is 34.8 Å². The lowest BCUT2D eigenvalue weighted by Gasteiger charge is -2.37. The Kier molecular flexibility index (Phi) is 4.19. The molecule has 24 heavy (non-hydrogen) atoms. The van der Waals surface area contributed by atoms with Gasteiger partial charge in [-0.1, -0.05) is 6.08 Å². The summed E-state index contributed by atoms with van der Waals surface area (Å²) in [7, 11) is 0. The summed E-state index contributed by atoms with van der Waals surface area (Å²) in [4.78, 5) is 19.4. The lowest BCUT2D eigenvalue weighted by Crippen LogP contribution is -2.38. The normalized spacial score (nSPS) is 20.5. The molecule has 0 radical (unpaired) electrons. The molecule has 1 saturated heterocycles. The molecule has 1 unspecified atom stereocenters. The third-order valence-corrected chi connectivity index (χ3v) is 5.86. The van der Waals surface area contributed by atoms with Crippen LogP contribution in [0.3, 0.4) is 0 Å². The van der Waals surface area contributed by atoms with Crippen LogP contribution in [0.25, 0.3) is 10.4 Å². The maximum absolute atomic E-state index is 13.3. The van der Waals surface area contributed by atoms with Crippen molar-refractivity contribution < 1.29 is 9.18 Å². The summed E-state index contributed by atoms with van der Waals surface area (Å²) < 4.78 is 13.3.